The maximum atomic E-state index is 12.3. The summed E-state index contributed by atoms with van der Waals surface area (Å²) in [5, 5.41) is 3.29. The van der Waals surface area contributed by atoms with Gasteiger partial charge in [-0.15, -0.1) is 0 Å². The normalized spacial score (nSPS) is 22.8. The van der Waals surface area contributed by atoms with Crippen LogP contribution in [0, 0.1) is 0 Å². The van der Waals surface area contributed by atoms with Crippen LogP contribution in [0.3, 0.4) is 0 Å². The molecule has 0 aliphatic carbocycles. The topological polar surface area (TPSA) is 51.2 Å². The van der Waals surface area contributed by atoms with Crippen LogP contribution < -0.4 is 5.32 Å². The summed E-state index contributed by atoms with van der Waals surface area (Å²) >= 11 is 0. The van der Waals surface area contributed by atoms with Gasteiger partial charge in [0, 0.05) is 26.7 Å². The number of fused-ring (bicyclic) bond motifs is 2. The molecule has 0 saturated carbocycles. The lowest BCUT2D eigenvalue weighted by Gasteiger charge is -2.35. The molecule has 0 atom stereocenters. The molecule has 17 heavy (non-hydrogen) atoms. The fraction of sp³-hybridized carbons (Fsp3) is 0.636. The minimum atomic E-state index is 0.0599. The molecule has 6 nitrogen and oxygen atoms in total. The summed E-state index contributed by atoms with van der Waals surface area (Å²) in [6, 6.07) is 0.0599. The number of hydrogen-bond donors (Lipinski definition) is 1. The molecule has 2 amide bonds. The molecular formula is C11H17N5O. The number of amides is 2. The smallest absolute Gasteiger partial charge is 0.331 e. The fourth-order valence-electron chi connectivity index (χ4n) is 2.55. The SMILES string of the molecule is CCCN1C(=O)N2CCNC2=C2C1=NCN2C. The van der Waals surface area contributed by atoms with Crippen LogP contribution in [0.5, 0.6) is 0 Å². The predicted octanol–water partition coefficient (Wildman–Crippen LogP) is 0.208. The Kier molecular flexibility index (Phi) is 2.24. The van der Waals surface area contributed by atoms with Crippen molar-refractivity contribution < 1.29 is 4.79 Å². The lowest BCUT2D eigenvalue weighted by molar-refractivity contribution is 0.189. The first-order valence-corrected chi connectivity index (χ1v) is 6.07. The number of amidine groups is 1. The van der Waals surface area contributed by atoms with Crippen molar-refractivity contribution in [3.63, 3.8) is 0 Å². The first kappa shape index (κ1) is 10.4. The summed E-state index contributed by atoms with van der Waals surface area (Å²) in [7, 11) is 2.01. The van der Waals surface area contributed by atoms with Crippen LogP contribution in [-0.4, -0.2) is 59.9 Å². The maximum Gasteiger partial charge on any atom is 0.331 e. The molecule has 0 spiro atoms. The third kappa shape index (κ3) is 1.33. The van der Waals surface area contributed by atoms with Gasteiger partial charge in [0.1, 0.15) is 18.2 Å². The lowest BCUT2D eigenvalue weighted by atomic mass is 10.2. The largest absolute Gasteiger partial charge is 0.368 e. The van der Waals surface area contributed by atoms with Gasteiger partial charge in [-0.05, 0) is 6.42 Å². The van der Waals surface area contributed by atoms with Crippen molar-refractivity contribution in [2.45, 2.75) is 13.3 Å². The Morgan fingerprint density at radius 3 is 3.06 bits per heavy atom. The Balaban J connectivity index is 2.07. The van der Waals surface area contributed by atoms with Gasteiger partial charge in [-0.1, -0.05) is 6.92 Å². The predicted molar refractivity (Wildman–Crippen MR) is 64.2 cm³/mol. The molecule has 0 aromatic carbocycles. The van der Waals surface area contributed by atoms with Gasteiger partial charge >= 0.3 is 6.03 Å². The van der Waals surface area contributed by atoms with E-state index in [9.17, 15) is 4.79 Å². The number of nitrogens with zero attached hydrogens (tertiary/aromatic N) is 4. The van der Waals surface area contributed by atoms with Crippen molar-refractivity contribution in [1.29, 1.82) is 0 Å². The number of carbonyl (C=O) groups excluding carboxylic acids is 1. The second-order valence-electron chi connectivity index (χ2n) is 4.53. The van der Waals surface area contributed by atoms with Gasteiger partial charge in [0.15, 0.2) is 5.84 Å². The zero-order valence-corrected chi connectivity index (χ0v) is 10.2. The summed E-state index contributed by atoms with van der Waals surface area (Å²) in [6.07, 6.45) is 0.943. The summed E-state index contributed by atoms with van der Waals surface area (Å²) in [4.78, 5) is 22.5. The Labute approximate surface area is 101 Å². The standard InChI is InChI=1S/C11H17N5O/c1-3-5-15-10-8(14(2)7-13-10)9-12-4-6-16(9)11(15)17/h12H,3-7H2,1-2H3. The highest BCUT2D eigenvalue weighted by molar-refractivity contribution is 6.11. The molecule has 0 unspecified atom stereocenters. The van der Waals surface area contributed by atoms with Gasteiger partial charge in [0.2, 0.25) is 0 Å². The van der Waals surface area contributed by atoms with E-state index in [0.717, 1.165) is 43.4 Å². The molecule has 3 aliphatic heterocycles. The molecule has 0 aromatic rings. The van der Waals surface area contributed by atoms with Gasteiger partial charge in [-0.25, -0.2) is 9.79 Å². The summed E-state index contributed by atoms with van der Waals surface area (Å²) < 4.78 is 0. The van der Waals surface area contributed by atoms with Crippen LogP contribution in [0.2, 0.25) is 0 Å². The third-order valence-electron chi connectivity index (χ3n) is 3.31. The zero-order valence-electron chi connectivity index (χ0n) is 10.2. The molecule has 1 saturated heterocycles. The minimum Gasteiger partial charge on any atom is -0.368 e. The van der Waals surface area contributed by atoms with Crippen LogP contribution in [-0.2, 0) is 0 Å². The lowest BCUT2D eigenvalue weighted by Crippen LogP contribution is -2.51. The number of urea groups is 1. The summed E-state index contributed by atoms with van der Waals surface area (Å²) in [5.74, 6) is 1.76. The highest BCUT2D eigenvalue weighted by atomic mass is 16.2. The van der Waals surface area contributed by atoms with E-state index < -0.39 is 0 Å². The van der Waals surface area contributed by atoms with Crippen LogP contribution in [0.15, 0.2) is 16.5 Å². The van der Waals surface area contributed by atoms with E-state index in [4.69, 9.17) is 0 Å². The highest BCUT2D eigenvalue weighted by Crippen LogP contribution is 2.28. The Bertz CT molecular complexity index is 428. The van der Waals surface area contributed by atoms with E-state index in [-0.39, 0.29) is 6.03 Å². The summed E-state index contributed by atoms with van der Waals surface area (Å²) in [6.45, 7) is 5.02. The molecule has 1 fully saturated rings. The molecule has 0 bridgehead atoms. The molecule has 92 valence electrons. The molecule has 0 radical (unpaired) electrons. The van der Waals surface area contributed by atoms with Crippen molar-refractivity contribution in [2.75, 3.05) is 33.4 Å². The third-order valence-corrected chi connectivity index (χ3v) is 3.31. The number of aliphatic imine (C=N–C) groups is 1. The van der Waals surface area contributed by atoms with E-state index in [2.05, 4.69) is 22.1 Å². The second-order valence-corrected chi connectivity index (χ2v) is 4.53. The van der Waals surface area contributed by atoms with E-state index in [1.807, 2.05) is 11.9 Å². The molecule has 1 N–H and O–H groups in total. The average molecular weight is 235 g/mol. The molecule has 6 heteroatoms. The van der Waals surface area contributed by atoms with Crippen molar-refractivity contribution >= 4 is 11.9 Å². The van der Waals surface area contributed by atoms with Gasteiger partial charge < -0.3 is 10.2 Å². The number of nitrogens with one attached hydrogen (secondary N) is 1. The van der Waals surface area contributed by atoms with Crippen molar-refractivity contribution in [3.8, 4) is 0 Å². The number of carbonyl (C=O) groups is 1. The first-order chi connectivity index (χ1) is 8.24. The minimum absolute atomic E-state index is 0.0599. The van der Waals surface area contributed by atoms with E-state index in [1.165, 1.54) is 0 Å². The zero-order chi connectivity index (χ0) is 12.0. The molecule has 3 rings (SSSR count). The average Bonchev–Trinajstić information content (AvgIpc) is 2.90. The highest BCUT2D eigenvalue weighted by Gasteiger charge is 2.42. The van der Waals surface area contributed by atoms with Crippen molar-refractivity contribution in [1.82, 2.24) is 20.0 Å². The van der Waals surface area contributed by atoms with Crippen LogP contribution in [0.25, 0.3) is 0 Å². The Hall–Kier alpha value is -1.72. The van der Waals surface area contributed by atoms with Crippen molar-refractivity contribution in [2.24, 2.45) is 4.99 Å². The Morgan fingerprint density at radius 1 is 1.47 bits per heavy atom. The van der Waals surface area contributed by atoms with Crippen LogP contribution >= 0.6 is 0 Å². The molecule has 3 aliphatic rings. The summed E-state index contributed by atoms with van der Waals surface area (Å²) in [5.41, 5.74) is 1.07. The van der Waals surface area contributed by atoms with E-state index in [0.29, 0.717) is 6.67 Å². The second kappa shape index (κ2) is 3.65. The quantitative estimate of drug-likeness (QED) is 0.744. The van der Waals surface area contributed by atoms with E-state index >= 15 is 0 Å². The number of rotatable bonds is 2. The van der Waals surface area contributed by atoms with Crippen LogP contribution in [0.4, 0.5) is 4.79 Å². The molecule has 0 aromatic heterocycles. The van der Waals surface area contributed by atoms with Gasteiger partial charge in [-0.2, -0.15) is 0 Å². The number of hydrogen-bond acceptors (Lipinski definition) is 4. The van der Waals surface area contributed by atoms with E-state index in [1.54, 1.807) is 4.90 Å². The van der Waals surface area contributed by atoms with Gasteiger partial charge in [-0.3, -0.25) is 9.80 Å². The first-order valence-electron chi connectivity index (χ1n) is 6.07. The molecular weight excluding hydrogens is 218 g/mol. The Morgan fingerprint density at radius 2 is 2.29 bits per heavy atom. The number of likely N-dealkylation sites (N-methyl/N-ethyl adjacent to an activating group) is 1. The monoisotopic (exact) mass is 235 g/mol. The molecule has 3 heterocycles. The van der Waals surface area contributed by atoms with Crippen molar-refractivity contribution in [3.05, 3.63) is 11.5 Å². The fourth-order valence-corrected chi connectivity index (χ4v) is 2.55. The van der Waals surface area contributed by atoms with Gasteiger partial charge in [0.25, 0.3) is 0 Å². The van der Waals surface area contributed by atoms with Crippen LogP contribution in [0.1, 0.15) is 13.3 Å². The van der Waals surface area contributed by atoms with Gasteiger partial charge in [0.05, 0.1) is 0 Å². The maximum absolute atomic E-state index is 12.3.